The quantitative estimate of drug-likeness (QED) is 0.416. The van der Waals surface area contributed by atoms with Crippen LogP contribution in [0.2, 0.25) is 0 Å². The Kier molecular flexibility index (Phi) is 6.22. The van der Waals surface area contributed by atoms with Crippen LogP contribution in [0.1, 0.15) is 0 Å². The van der Waals surface area contributed by atoms with E-state index in [1.165, 1.54) is 0 Å². The fourth-order valence-electron chi connectivity index (χ4n) is 2.85. The third-order valence-corrected chi connectivity index (χ3v) is 4.36. The zero-order chi connectivity index (χ0) is 21.5. The monoisotopic (exact) mass is 419 g/mol. The highest BCUT2D eigenvalue weighted by atomic mass is 16.5. The summed E-state index contributed by atoms with van der Waals surface area (Å²) in [6, 6.07) is 20.2. The van der Waals surface area contributed by atoms with Crippen LogP contribution in [0.4, 0.5) is 0 Å². The molecule has 2 aromatic carbocycles. The standard InChI is InChI=1S/C22H21N5O4/c1-29-17-8-5-9-18(14-17)31-15-20(28)23-12-13-30-21-11-10-19-24-25-22(27(19)26-21)16-6-3-2-4-7-16/h2-11,14H,12-13,15H2,1H3,(H,23,28). The third-order valence-electron chi connectivity index (χ3n) is 4.36. The van der Waals surface area contributed by atoms with Gasteiger partial charge in [-0.2, -0.15) is 4.52 Å². The number of hydrogen-bond acceptors (Lipinski definition) is 7. The van der Waals surface area contributed by atoms with E-state index in [0.29, 0.717) is 35.4 Å². The van der Waals surface area contributed by atoms with Crippen molar-refractivity contribution >= 4 is 11.6 Å². The molecule has 0 saturated carbocycles. The number of ether oxygens (including phenoxy) is 3. The molecule has 0 aliphatic carbocycles. The number of nitrogens with one attached hydrogen (secondary N) is 1. The molecule has 2 aromatic heterocycles. The number of rotatable bonds is 9. The van der Waals surface area contributed by atoms with Gasteiger partial charge in [-0.15, -0.1) is 15.3 Å². The third kappa shape index (κ3) is 5.08. The zero-order valence-electron chi connectivity index (χ0n) is 16.9. The van der Waals surface area contributed by atoms with E-state index < -0.39 is 0 Å². The topological polar surface area (TPSA) is 99.9 Å². The van der Waals surface area contributed by atoms with Gasteiger partial charge in [0.25, 0.3) is 5.91 Å². The van der Waals surface area contributed by atoms with Crippen LogP contribution in [0.25, 0.3) is 17.0 Å². The lowest BCUT2D eigenvalue weighted by Crippen LogP contribution is -2.32. The molecule has 0 bridgehead atoms. The first-order valence-electron chi connectivity index (χ1n) is 9.67. The summed E-state index contributed by atoms with van der Waals surface area (Å²) in [6.45, 7) is 0.471. The van der Waals surface area contributed by atoms with Gasteiger partial charge in [0.1, 0.15) is 18.1 Å². The normalized spacial score (nSPS) is 10.6. The number of methoxy groups -OCH3 is 1. The maximum atomic E-state index is 12.0. The average Bonchev–Trinajstić information content (AvgIpc) is 3.24. The van der Waals surface area contributed by atoms with E-state index in [9.17, 15) is 4.79 Å². The summed E-state index contributed by atoms with van der Waals surface area (Å²) in [4.78, 5) is 12.0. The molecule has 0 saturated heterocycles. The molecule has 0 fully saturated rings. The molecular weight excluding hydrogens is 398 g/mol. The Hall–Kier alpha value is -4.14. The van der Waals surface area contributed by atoms with E-state index in [1.54, 1.807) is 48.0 Å². The van der Waals surface area contributed by atoms with Crippen molar-refractivity contribution in [2.24, 2.45) is 0 Å². The number of carbonyl (C=O) groups excluding carboxylic acids is 1. The maximum absolute atomic E-state index is 12.0. The van der Waals surface area contributed by atoms with Crippen molar-refractivity contribution in [1.29, 1.82) is 0 Å². The molecule has 31 heavy (non-hydrogen) atoms. The highest BCUT2D eigenvalue weighted by Crippen LogP contribution is 2.19. The largest absolute Gasteiger partial charge is 0.497 e. The Labute approximate surface area is 178 Å². The van der Waals surface area contributed by atoms with E-state index in [2.05, 4.69) is 20.6 Å². The summed E-state index contributed by atoms with van der Waals surface area (Å²) in [5.74, 6) is 2.01. The predicted molar refractivity (Wildman–Crippen MR) is 113 cm³/mol. The molecule has 0 unspecified atom stereocenters. The molecule has 4 rings (SSSR count). The van der Waals surface area contributed by atoms with Crippen LogP contribution < -0.4 is 19.5 Å². The fraction of sp³-hybridized carbons (Fsp3) is 0.182. The zero-order valence-corrected chi connectivity index (χ0v) is 16.9. The number of hydrogen-bond donors (Lipinski definition) is 1. The number of amides is 1. The van der Waals surface area contributed by atoms with Crippen LogP contribution in [0.15, 0.2) is 66.7 Å². The molecular formula is C22H21N5O4. The van der Waals surface area contributed by atoms with Crippen LogP contribution in [0.3, 0.4) is 0 Å². The number of carbonyl (C=O) groups is 1. The summed E-state index contributed by atoms with van der Waals surface area (Å²) in [6.07, 6.45) is 0. The average molecular weight is 419 g/mol. The molecule has 2 heterocycles. The molecule has 0 atom stereocenters. The Morgan fingerprint density at radius 3 is 2.65 bits per heavy atom. The number of nitrogens with zero attached hydrogens (tertiary/aromatic N) is 4. The van der Waals surface area contributed by atoms with Gasteiger partial charge in [0.2, 0.25) is 5.88 Å². The predicted octanol–water partition coefficient (Wildman–Crippen LogP) is 2.37. The van der Waals surface area contributed by atoms with Crippen molar-refractivity contribution in [2.75, 3.05) is 26.9 Å². The van der Waals surface area contributed by atoms with Gasteiger partial charge in [-0.25, -0.2) is 0 Å². The van der Waals surface area contributed by atoms with Gasteiger partial charge in [-0.3, -0.25) is 4.79 Å². The van der Waals surface area contributed by atoms with E-state index >= 15 is 0 Å². The summed E-state index contributed by atoms with van der Waals surface area (Å²) in [7, 11) is 1.57. The molecule has 0 aliphatic heterocycles. The molecule has 1 amide bonds. The van der Waals surface area contributed by atoms with Crippen LogP contribution in [0, 0.1) is 0 Å². The maximum Gasteiger partial charge on any atom is 0.258 e. The first-order valence-corrected chi connectivity index (χ1v) is 9.67. The van der Waals surface area contributed by atoms with Crippen molar-refractivity contribution in [3.63, 3.8) is 0 Å². The lowest BCUT2D eigenvalue weighted by Gasteiger charge is -2.09. The Morgan fingerprint density at radius 1 is 0.968 bits per heavy atom. The van der Waals surface area contributed by atoms with E-state index in [4.69, 9.17) is 14.2 Å². The Balaban J connectivity index is 1.27. The molecule has 9 heteroatoms. The van der Waals surface area contributed by atoms with E-state index in [0.717, 1.165) is 5.56 Å². The van der Waals surface area contributed by atoms with Gasteiger partial charge in [0.05, 0.1) is 13.7 Å². The van der Waals surface area contributed by atoms with Crippen molar-refractivity contribution in [3.8, 4) is 28.8 Å². The van der Waals surface area contributed by atoms with Crippen molar-refractivity contribution in [3.05, 3.63) is 66.7 Å². The SMILES string of the molecule is COc1cccc(OCC(=O)NCCOc2ccc3nnc(-c4ccccc4)n3n2)c1. The molecule has 0 aliphatic rings. The Morgan fingerprint density at radius 2 is 1.81 bits per heavy atom. The van der Waals surface area contributed by atoms with E-state index in [-0.39, 0.29) is 19.1 Å². The molecule has 0 radical (unpaired) electrons. The van der Waals surface area contributed by atoms with Crippen LogP contribution in [-0.4, -0.2) is 52.6 Å². The molecule has 158 valence electrons. The second-order valence-corrected chi connectivity index (χ2v) is 6.50. The van der Waals surface area contributed by atoms with Crippen molar-refractivity contribution in [1.82, 2.24) is 25.1 Å². The lowest BCUT2D eigenvalue weighted by atomic mass is 10.2. The van der Waals surface area contributed by atoms with Gasteiger partial charge >= 0.3 is 0 Å². The number of fused-ring (bicyclic) bond motifs is 1. The van der Waals surface area contributed by atoms with Crippen molar-refractivity contribution < 1.29 is 19.0 Å². The second kappa shape index (κ2) is 9.57. The molecule has 1 N–H and O–H groups in total. The first kappa shape index (κ1) is 20.1. The van der Waals surface area contributed by atoms with Gasteiger partial charge in [-0.1, -0.05) is 36.4 Å². The summed E-state index contributed by atoms with van der Waals surface area (Å²) < 4.78 is 17.9. The van der Waals surface area contributed by atoms with Gasteiger partial charge < -0.3 is 19.5 Å². The minimum absolute atomic E-state index is 0.0987. The minimum atomic E-state index is -0.250. The smallest absolute Gasteiger partial charge is 0.258 e. The van der Waals surface area contributed by atoms with Crippen LogP contribution in [-0.2, 0) is 4.79 Å². The summed E-state index contributed by atoms with van der Waals surface area (Å²) in [5, 5.41) is 15.5. The summed E-state index contributed by atoms with van der Waals surface area (Å²) in [5.41, 5.74) is 1.53. The van der Waals surface area contributed by atoms with Crippen LogP contribution in [0.5, 0.6) is 17.4 Å². The highest BCUT2D eigenvalue weighted by Gasteiger charge is 2.10. The highest BCUT2D eigenvalue weighted by molar-refractivity contribution is 5.77. The van der Waals surface area contributed by atoms with E-state index in [1.807, 2.05) is 30.3 Å². The van der Waals surface area contributed by atoms with Gasteiger partial charge in [0.15, 0.2) is 18.1 Å². The summed E-state index contributed by atoms with van der Waals surface area (Å²) >= 11 is 0. The molecule has 9 nitrogen and oxygen atoms in total. The second-order valence-electron chi connectivity index (χ2n) is 6.50. The molecule has 4 aromatic rings. The number of aromatic nitrogens is 4. The van der Waals surface area contributed by atoms with Crippen molar-refractivity contribution in [2.45, 2.75) is 0 Å². The molecule has 0 spiro atoms. The lowest BCUT2D eigenvalue weighted by molar-refractivity contribution is -0.123. The number of benzene rings is 2. The fourth-order valence-corrected chi connectivity index (χ4v) is 2.85. The first-order chi connectivity index (χ1) is 15.2. The van der Waals surface area contributed by atoms with Gasteiger partial charge in [-0.05, 0) is 18.2 Å². The van der Waals surface area contributed by atoms with Crippen LogP contribution >= 0.6 is 0 Å². The minimum Gasteiger partial charge on any atom is -0.497 e. The Bertz CT molecular complexity index is 1160. The van der Waals surface area contributed by atoms with Gasteiger partial charge in [0, 0.05) is 17.7 Å².